The second-order valence-electron chi connectivity index (χ2n) is 2.91. The van der Waals surface area contributed by atoms with Crippen molar-refractivity contribution in [2.75, 3.05) is 12.0 Å². The summed E-state index contributed by atoms with van der Waals surface area (Å²) < 4.78 is 2.00. The maximum atomic E-state index is 5.93. The highest BCUT2D eigenvalue weighted by Gasteiger charge is 2.13. The predicted molar refractivity (Wildman–Crippen MR) is 57.5 cm³/mol. The van der Waals surface area contributed by atoms with Crippen LogP contribution in [-0.4, -0.2) is 26.8 Å². The van der Waals surface area contributed by atoms with Gasteiger partial charge in [-0.2, -0.15) is 11.8 Å². The lowest BCUT2D eigenvalue weighted by Gasteiger charge is -2.14. The molecule has 13 heavy (non-hydrogen) atoms. The molecule has 0 bridgehead atoms. The van der Waals surface area contributed by atoms with E-state index < -0.39 is 0 Å². The molecule has 0 aliphatic carbocycles. The molecule has 0 spiro atoms. The van der Waals surface area contributed by atoms with Crippen LogP contribution in [0.1, 0.15) is 25.7 Å². The molecule has 74 valence electrons. The van der Waals surface area contributed by atoms with Crippen LogP contribution in [0.15, 0.2) is 0 Å². The summed E-state index contributed by atoms with van der Waals surface area (Å²) >= 11 is 7.74. The lowest BCUT2D eigenvalue weighted by molar-refractivity contribution is 0.580. The number of aryl methyl sites for hydroxylation is 1. The third-order valence-corrected chi connectivity index (χ3v) is 2.96. The third kappa shape index (κ3) is 2.38. The van der Waals surface area contributed by atoms with Crippen LogP contribution in [-0.2, 0) is 6.42 Å². The van der Waals surface area contributed by atoms with E-state index in [0.717, 1.165) is 18.0 Å². The maximum absolute atomic E-state index is 5.93. The Morgan fingerprint density at radius 1 is 1.54 bits per heavy atom. The monoisotopic (exact) mass is 219 g/mol. The molecule has 1 rings (SSSR count). The minimum Gasteiger partial charge on any atom is -0.298 e. The molecule has 5 heteroatoms. The smallest absolute Gasteiger partial charge is 0.225 e. The first-order chi connectivity index (χ1) is 6.20. The number of halogens is 1. The molecule has 3 nitrogen and oxygen atoms in total. The molecule has 0 aliphatic heterocycles. The lowest BCUT2D eigenvalue weighted by atomic mass is 10.3. The molecule has 1 heterocycles. The highest BCUT2D eigenvalue weighted by atomic mass is 35.5. The van der Waals surface area contributed by atoms with E-state index >= 15 is 0 Å². The van der Waals surface area contributed by atoms with Crippen molar-refractivity contribution in [2.45, 2.75) is 26.3 Å². The molecular formula is C8H14ClN3S. The number of thioether (sulfide) groups is 1. The zero-order valence-electron chi connectivity index (χ0n) is 8.12. The van der Waals surface area contributed by atoms with E-state index in [1.54, 1.807) is 11.8 Å². The Morgan fingerprint density at radius 3 is 2.77 bits per heavy atom. The Labute approximate surface area is 87.9 Å². The third-order valence-electron chi connectivity index (χ3n) is 1.89. The molecule has 0 fully saturated rings. The highest BCUT2D eigenvalue weighted by molar-refractivity contribution is 7.98. The predicted octanol–water partition coefficient (Wildman–Crippen LogP) is 2.42. The van der Waals surface area contributed by atoms with Crippen molar-refractivity contribution in [3.8, 4) is 0 Å². The van der Waals surface area contributed by atoms with Crippen LogP contribution in [0, 0.1) is 0 Å². The number of hydrogen-bond acceptors (Lipinski definition) is 3. The second-order valence-corrected chi connectivity index (χ2v) is 4.16. The van der Waals surface area contributed by atoms with E-state index in [4.69, 9.17) is 11.6 Å². The van der Waals surface area contributed by atoms with Crippen molar-refractivity contribution in [1.29, 1.82) is 0 Å². The van der Waals surface area contributed by atoms with Gasteiger partial charge in [-0.05, 0) is 24.8 Å². The van der Waals surface area contributed by atoms with Gasteiger partial charge < -0.3 is 0 Å². The minimum absolute atomic E-state index is 0.368. The first-order valence-electron chi connectivity index (χ1n) is 4.28. The molecule has 1 unspecified atom stereocenters. The minimum atomic E-state index is 0.368. The van der Waals surface area contributed by atoms with Crippen molar-refractivity contribution in [1.82, 2.24) is 14.8 Å². The van der Waals surface area contributed by atoms with Crippen LogP contribution in [0.3, 0.4) is 0 Å². The maximum Gasteiger partial charge on any atom is 0.225 e. The summed E-state index contributed by atoms with van der Waals surface area (Å²) in [5.74, 6) is 2.00. The lowest BCUT2D eigenvalue weighted by Crippen LogP contribution is -2.11. The van der Waals surface area contributed by atoms with Crippen molar-refractivity contribution in [2.24, 2.45) is 0 Å². The summed E-state index contributed by atoms with van der Waals surface area (Å²) in [7, 11) is 0. The van der Waals surface area contributed by atoms with Crippen molar-refractivity contribution < 1.29 is 0 Å². The molecule has 0 aromatic carbocycles. The zero-order valence-corrected chi connectivity index (χ0v) is 9.69. The highest BCUT2D eigenvalue weighted by Crippen LogP contribution is 2.19. The summed E-state index contributed by atoms with van der Waals surface area (Å²) in [6.45, 7) is 4.19. The van der Waals surface area contributed by atoms with Gasteiger partial charge in [0.25, 0.3) is 0 Å². The fraction of sp³-hybridized carbons (Fsp3) is 0.750. The van der Waals surface area contributed by atoms with Gasteiger partial charge in [-0.3, -0.25) is 4.57 Å². The summed E-state index contributed by atoms with van der Waals surface area (Å²) in [6.07, 6.45) is 2.96. The van der Waals surface area contributed by atoms with Gasteiger partial charge in [0.15, 0.2) is 0 Å². The van der Waals surface area contributed by atoms with Crippen LogP contribution in [0.25, 0.3) is 0 Å². The van der Waals surface area contributed by atoms with Crippen LogP contribution in [0.5, 0.6) is 0 Å². The van der Waals surface area contributed by atoms with Crippen molar-refractivity contribution in [3.05, 3.63) is 11.1 Å². The van der Waals surface area contributed by atoms with Crippen molar-refractivity contribution >= 4 is 23.4 Å². The van der Waals surface area contributed by atoms with Gasteiger partial charge in [-0.15, -0.1) is 10.2 Å². The topological polar surface area (TPSA) is 30.7 Å². The zero-order chi connectivity index (χ0) is 9.84. The SMILES string of the molecule is CCc1nnc(Cl)n1C(C)CSC. The quantitative estimate of drug-likeness (QED) is 0.780. The van der Waals surface area contributed by atoms with E-state index in [9.17, 15) is 0 Å². The van der Waals surface area contributed by atoms with Gasteiger partial charge >= 0.3 is 0 Å². The molecule has 0 saturated carbocycles. The standard InChI is InChI=1S/C8H14ClN3S/c1-4-7-10-11-8(9)12(7)6(2)5-13-3/h6H,4-5H2,1-3H3. The van der Waals surface area contributed by atoms with Crippen LogP contribution >= 0.6 is 23.4 Å². The first kappa shape index (κ1) is 10.9. The van der Waals surface area contributed by atoms with Gasteiger partial charge in [0, 0.05) is 18.2 Å². The molecule has 0 amide bonds. The van der Waals surface area contributed by atoms with Crippen LogP contribution in [0.2, 0.25) is 5.28 Å². The molecule has 0 aliphatic rings. The number of aromatic nitrogens is 3. The Bertz CT molecular complexity index is 274. The van der Waals surface area contributed by atoms with E-state index in [0.29, 0.717) is 11.3 Å². The number of hydrogen-bond donors (Lipinski definition) is 0. The van der Waals surface area contributed by atoms with E-state index in [1.807, 2.05) is 4.57 Å². The number of rotatable bonds is 4. The second kappa shape index (κ2) is 4.86. The molecule has 0 radical (unpaired) electrons. The first-order valence-corrected chi connectivity index (χ1v) is 6.06. The summed E-state index contributed by atoms with van der Waals surface area (Å²) in [5, 5.41) is 8.37. The van der Waals surface area contributed by atoms with E-state index in [1.165, 1.54) is 0 Å². The van der Waals surface area contributed by atoms with Crippen LogP contribution < -0.4 is 0 Å². The van der Waals surface area contributed by atoms with Gasteiger partial charge in [0.05, 0.1) is 0 Å². The molecule has 0 N–H and O–H groups in total. The fourth-order valence-corrected chi connectivity index (χ4v) is 2.23. The molecule has 1 aromatic heterocycles. The molecule has 0 saturated heterocycles. The average molecular weight is 220 g/mol. The van der Waals surface area contributed by atoms with Crippen molar-refractivity contribution in [3.63, 3.8) is 0 Å². The Balaban J connectivity index is 2.89. The fourth-order valence-electron chi connectivity index (χ4n) is 1.29. The summed E-state index contributed by atoms with van der Waals surface area (Å²) in [6, 6.07) is 0.368. The number of nitrogens with zero attached hydrogens (tertiary/aromatic N) is 3. The Kier molecular flexibility index (Phi) is 4.06. The normalized spacial score (nSPS) is 13.2. The Morgan fingerprint density at radius 2 is 2.23 bits per heavy atom. The largest absolute Gasteiger partial charge is 0.298 e. The van der Waals surface area contributed by atoms with Gasteiger partial charge in [-0.25, -0.2) is 0 Å². The molecule has 1 aromatic rings. The summed E-state index contributed by atoms with van der Waals surface area (Å²) in [4.78, 5) is 0. The molecular weight excluding hydrogens is 206 g/mol. The Hall–Kier alpha value is -0.220. The molecule has 1 atom stereocenters. The average Bonchev–Trinajstić information content (AvgIpc) is 2.47. The van der Waals surface area contributed by atoms with Gasteiger partial charge in [-0.1, -0.05) is 6.92 Å². The van der Waals surface area contributed by atoms with Gasteiger partial charge in [0.2, 0.25) is 5.28 Å². The van der Waals surface area contributed by atoms with Gasteiger partial charge in [0.1, 0.15) is 5.82 Å². The van der Waals surface area contributed by atoms with Crippen LogP contribution in [0.4, 0.5) is 0 Å². The van der Waals surface area contributed by atoms with E-state index in [2.05, 4.69) is 30.3 Å². The summed E-state index contributed by atoms with van der Waals surface area (Å²) in [5.41, 5.74) is 0. The van der Waals surface area contributed by atoms with E-state index in [-0.39, 0.29) is 0 Å².